The predicted molar refractivity (Wildman–Crippen MR) is 71.9 cm³/mol. The summed E-state index contributed by atoms with van der Waals surface area (Å²) < 4.78 is 36.6. The van der Waals surface area contributed by atoms with Gasteiger partial charge in [0.25, 0.3) is 5.91 Å². The number of carbonyl (C=O) groups excluding carboxylic acids is 2. The molecule has 4 nitrogen and oxygen atoms in total. The molecule has 1 aromatic rings. The Hall–Kier alpha value is -1.70. The van der Waals surface area contributed by atoms with E-state index in [0.717, 1.165) is 0 Å². The largest absolute Gasteiger partial charge is 0.446 e. The van der Waals surface area contributed by atoms with Gasteiger partial charge in [0.05, 0.1) is 0 Å². The molecule has 1 atom stereocenters. The lowest BCUT2D eigenvalue weighted by Gasteiger charge is -2.23. The smallest absolute Gasteiger partial charge is 0.354 e. The Morgan fingerprint density at radius 2 is 1.95 bits per heavy atom. The molecule has 21 heavy (non-hydrogen) atoms. The highest BCUT2D eigenvalue weighted by Crippen LogP contribution is 2.36. The number of hydrogen-bond donors (Lipinski definition) is 2. The molecule has 0 aliphatic carbocycles. The summed E-state index contributed by atoms with van der Waals surface area (Å²) in [5.74, 6) is -0.409. The Kier molecular flexibility index (Phi) is 4.76. The summed E-state index contributed by atoms with van der Waals surface area (Å²) in [7, 11) is 0. The summed E-state index contributed by atoms with van der Waals surface area (Å²) >= 11 is -0.222. The van der Waals surface area contributed by atoms with Crippen LogP contribution in [0.1, 0.15) is 23.2 Å². The predicted octanol–water partition coefficient (Wildman–Crippen LogP) is 2.31. The first-order valence-corrected chi connectivity index (χ1v) is 7.08. The van der Waals surface area contributed by atoms with Crippen LogP contribution in [0.5, 0.6) is 0 Å². The third kappa shape index (κ3) is 4.96. The van der Waals surface area contributed by atoms with E-state index in [2.05, 4.69) is 10.6 Å². The lowest BCUT2D eigenvalue weighted by Crippen LogP contribution is -2.47. The molecule has 0 spiro atoms. The topological polar surface area (TPSA) is 58.2 Å². The minimum atomic E-state index is -4.34. The molecule has 2 rings (SSSR count). The van der Waals surface area contributed by atoms with Gasteiger partial charge in [-0.2, -0.15) is 13.2 Å². The van der Waals surface area contributed by atoms with Crippen LogP contribution in [0.4, 0.5) is 13.2 Å². The maximum atomic E-state index is 12.2. The van der Waals surface area contributed by atoms with Crippen molar-refractivity contribution in [1.29, 1.82) is 0 Å². The standard InChI is InChI=1S/C13H13F3N2O2S/c14-13(15,16)21-10-4-1-8(2-5-10)12(20)18-9-3-6-11(19)17-7-9/h1-2,4-5,9H,3,6-7H2,(H,17,19)(H,18,20). The van der Waals surface area contributed by atoms with Gasteiger partial charge in [0.1, 0.15) is 0 Å². The van der Waals surface area contributed by atoms with E-state index >= 15 is 0 Å². The fourth-order valence-electron chi connectivity index (χ4n) is 1.93. The molecule has 1 unspecified atom stereocenters. The summed E-state index contributed by atoms with van der Waals surface area (Å²) in [6, 6.07) is 5.07. The van der Waals surface area contributed by atoms with Crippen LogP contribution < -0.4 is 10.6 Å². The molecule has 8 heteroatoms. The van der Waals surface area contributed by atoms with Crippen molar-refractivity contribution in [2.24, 2.45) is 0 Å². The number of halogens is 3. The average Bonchev–Trinajstić information content (AvgIpc) is 2.40. The monoisotopic (exact) mass is 318 g/mol. The number of piperidine rings is 1. The van der Waals surface area contributed by atoms with Crippen LogP contribution in [0.3, 0.4) is 0 Å². The van der Waals surface area contributed by atoms with Crippen LogP contribution in [0.2, 0.25) is 0 Å². The van der Waals surface area contributed by atoms with E-state index in [1.807, 2.05) is 0 Å². The van der Waals surface area contributed by atoms with Crippen molar-refractivity contribution in [2.45, 2.75) is 29.3 Å². The molecule has 0 bridgehead atoms. The zero-order chi connectivity index (χ0) is 15.5. The van der Waals surface area contributed by atoms with E-state index in [-0.39, 0.29) is 34.5 Å². The van der Waals surface area contributed by atoms with Crippen molar-refractivity contribution in [2.75, 3.05) is 6.54 Å². The van der Waals surface area contributed by atoms with Crippen molar-refractivity contribution >= 4 is 23.6 Å². The third-order valence-electron chi connectivity index (χ3n) is 2.95. The number of alkyl halides is 3. The van der Waals surface area contributed by atoms with Crippen molar-refractivity contribution in [3.63, 3.8) is 0 Å². The number of nitrogens with one attached hydrogen (secondary N) is 2. The van der Waals surface area contributed by atoms with Gasteiger partial charge in [-0.1, -0.05) is 0 Å². The van der Waals surface area contributed by atoms with Crippen LogP contribution in [0, 0.1) is 0 Å². The molecule has 114 valence electrons. The molecular weight excluding hydrogens is 305 g/mol. The average molecular weight is 318 g/mol. The highest BCUT2D eigenvalue weighted by atomic mass is 32.2. The second kappa shape index (κ2) is 6.38. The molecule has 1 heterocycles. The van der Waals surface area contributed by atoms with Gasteiger partial charge < -0.3 is 10.6 Å². The van der Waals surface area contributed by atoms with E-state index in [1.54, 1.807) is 0 Å². The molecule has 1 aliphatic rings. The molecule has 1 fully saturated rings. The second-order valence-corrected chi connectivity index (χ2v) is 5.72. The van der Waals surface area contributed by atoms with Gasteiger partial charge in [-0.25, -0.2) is 0 Å². The third-order valence-corrected chi connectivity index (χ3v) is 3.69. The maximum absolute atomic E-state index is 12.2. The van der Waals surface area contributed by atoms with Gasteiger partial charge in [0.2, 0.25) is 5.91 Å². The molecule has 2 N–H and O–H groups in total. The Labute approximate surface area is 123 Å². The number of thioether (sulfide) groups is 1. The van der Waals surface area contributed by atoms with Gasteiger partial charge in [-0.3, -0.25) is 9.59 Å². The Bertz CT molecular complexity index is 521. The van der Waals surface area contributed by atoms with E-state index in [1.165, 1.54) is 24.3 Å². The fourth-order valence-corrected chi connectivity index (χ4v) is 2.47. The van der Waals surface area contributed by atoms with Crippen LogP contribution in [0.25, 0.3) is 0 Å². The summed E-state index contributed by atoms with van der Waals surface area (Å²) in [5, 5.41) is 5.38. The number of benzene rings is 1. The minimum Gasteiger partial charge on any atom is -0.354 e. The highest BCUT2D eigenvalue weighted by molar-refractivity contribution is 8.00. The normalized spacial score (nSPS) is 19.0. The van der Waals surface area contributed by atoms with E-state index in [4.69, 9.17) is 0 Å². The molecule has 1 aliphatic heterocycles. The molecule has 0 radical (unpaired) electrons. The number of rotatable bonds is 3. The lowest BCUT2D eigenvalue weighted by atomic mass is 10.1. The van der Waals surface area contributed by atoms with Crippen LogP contribution in [0.15, 0.2) is 29.2 Å². The fraction of sp³-hybridized carbons (Fsp3) is 0.385. The first kappa shape index (κ1) is 15.7. The molecule has 1 saturated heterocycles. The number of hydrogen-bond acceptors (Lipinski definition) is 3. The first-order valence-electron chi connectivity index (χ1n) is 6.27. The summed E-state index contributed by atoms with van der Waals surface area (Å²) in [4.78, 5) is 23.0. The van der Waals surface area contributed by atoms with E-state index in [0.29, 0.717) is 24.9 Å². The molecular formula is C13H13F3N2O2S. The van der Waals surface area contributed by atoms with Crippen molar-refractivity contribution in [1.82, 2.24) is 10.6 Å². The number of carbonyl (C=O) groups is 2. The summed E-state index contributed by atoms with van der Waals surface area (Å²) in [6.07, 6.45) is 0.908. The van der Waals surface area contributed by atoms with Crippen molar-refractivity contribution in [3.05, 3.63) is 29.8 Å². The van der Waals surface area contributed by atoms with Gasteiger partial charge in [-0.15, -0.1) is 0 Å². The first-order chi connectivity index (χ1) is 9.83. The van der Waals surface area contributed by atoms with E-state index < -0.39 is 5.51 Å². The van der Waals surface area contributed by atoms with Gasteiger partial charge in [-0.05, 0) is 42.4 Å². The number of amides is 2. The molecule has 1 aromatic carbocycles. The zero-order valence-corrected chi connectivity index (χ0v) is 11.7. The Morgan fingerprint density at radius 1 is 1.29 bits per heavy atom. The Balaban J connectivity index is 1.92. The SMILES string of the molecule is O=C1CCC(NC(=O)c2ccc(SC(F)(F)F)cc2)CN1. The summed E-state index contributed by atoms with van der Waals surface area (Å²) in [6.45, 7) is 0.368. The summed E-state index contributed by atoms with van der Waals surface area (Å²) in [5.41, 5.74) is -4.05. The van der Waals surface area contributed by atoms with Gasteiger partial charge in [0, 0.05) is 29.5 Å². The molecule has 2 amide bonds. The highest BCUT2D eigenvalue weighted by Gasteiger charge is 2.29. The van der Waals surface area contributed by atoms with Crippen LogP contribution in [-0.4, -0.2) is 29.9 Å². The quantitative estimate of drug-likeness (QED) is 0.841. The second-order valence-electron chi connectivity index (χ2n) is 4.59. The minimum absolute atomic E-state index is 0.0315. The van der Waals surface area contributed by atoms with Crippen molar-refractivity contribution in [3.8, 4) is 0 Å². The van der Waals surface area contributed by atoms with Crippen LogP contribution >= 0.6 is 11.8 Å². The molecule has 0 aromatic heterocycles. The van der Waals surface area contributed by atoms with E-state index in [9.17, 15) is 22.8 Å². The Morgan fingerprint density at radius 3 is 2.48 bits per heavy atom. The van der Waals surface area contributed by atoms with Gasteiger partial charge >= 0.3 is 5.51 Å². The van der Waals surface area contributed by atoms with Crippen LogP contribution in [-0.2, 0) is 4.79 Å². The maximum Gasteiger partial charge on any atom is 0.446 e. The molecule has 0 saturated carbocycles. The van der Waals surface area contributed by atoms with Crippen molar-refractivity contribution < 1.29 is 22.8 Å². The lowest BCUT2D eigenvalue weighted by molar-refractivity contribution is -0.122. The zero-order valence-electron chi connectivity index (χ0n) is 10.9. The van der Waals surface area contributed by atoms with Gasteiger partial charge in [0.15, 0.2) is 0 Å².